The first-order valence-corrected chi connectivity index (χ1v) is 15.1. The first-order valence-electron chi connectivity index (χ1n) is 15.1. The van der Waals surface area contributed by atoms with E-state index in [0.717, 1.165) is 48.7 Å². The van der Waals surface area contributed by atoms with Gasteiger partial charge in [0.2, 0.25) is 0 Å². The number of methoxy groups -OCH3 is 4. The van der Waals surface area contributed by atoms with E-state index < -0.39 is 0 Å². The molecule has 4 heteroatoms. The van der Waals surface area contributed by atoms with E-state index in [0.29, 0.717) is 5.92 Å². The number of rotatable bonds is 15. The third-order valence-corrected chi connectivity index (χ3v) is 7.78. The zero-order valence-electron chi connectivity index (χ0n) is 26.6. The highest BCUT2D eigenvalue weighted by atomic mass is 16.5. The van der Waals surface area contributed by atoms with Gasteiger partial charge in [-0.15, -0.1) is 0 Å². The van der Waals surface area contributed by atoms with Crippen molar-refractivity contribution in [2.75, 3.05) is 28.4 Å². The van der Waals surface area contributed by atoms with E-state index in [1.807, 2.05) is 48.5 Å². The maximum Gasteiger partial charge on any atom is 0.118 e. The summed E-state index contributed by atoms with van der Waals surface area (Å²) in [6.45, 7) is 2.33. The molecule has 0 aromatic heterocycles. The Bertz CT molecular complexity index is 1510. The molecule has 0 amide bonds. The maximum atomic E-state index is 5.40. The molecular formula is C40H44O4. The van der Waals surface area contributed by atoms with Crippen LogP contribution in [0.25, 0.3) is 18.2 Å². The first-order chi connectivity index (χ1) is 21.5. The highest BCUT2D eigenvalue weighted by Crippen LogP contribution is 2.30. The quantitative estimate of drug-likeness (QED) is 0.138. The van der Waals surface area contributed by atoms with Crippen LogP contribution in [-0.4, -0.2) is 28.4 Å². The van der Waals surface area contributed by atoms with E-state index in [2.05, 4.69) is 79.8 Å². The monoisotopic (exact) mass is 588 g/mol. The van der Waals surface area contributed by atoms with E-state index >= 15 is 0 Å². The van der Waals surface area contributed by atoms with Crippen LogP contribution in [0.1, 0.15) is 48.4 Å². The van der Waals surface area contributed by atoms with Crippen molar-refractivity contribution < 1.29 is 18.9 Å². The summed E-state index contributed by atoms with van der Waals surface area (Å²) in [7, 11) is 6.80. The molecule has 44 heavy (non-hydrogen) atoms. The van der Waals surface area contributed by atoms with Gasteiger partial charge in [0, 0.05) is 0 Å². The van der Waals surface area contributed by atoms with Crippen LogP contribution in [0.15, 0.2) is 114 Å². The third-order valence-electron chi connectivity index (χ3n) is 7.78. The SMILES string of the molecule is COc1ccc(/C=C(/C/C(=C/c2ccc(OC)cc2)CC/C=C/c2ccc(OC)cc2)C(C)Cc2ccc(OC)cc2)cc1. The van der Waals surface area contributed by atoms with E-state index in [-0.39, 0.29) is 0 Å². The molecule has 0 N–H and O–H groups in total. The van der Waals surface area contributed by atoms with Gasteiger partial charge >= 0.3 is 0 Å². The topological polar surface area (TPSA) is 36.9 Å². The van der Waals surface area contributed by atoms with Crippen molar-refractivity contribution in [1.82, 2.24) is 0 Å². The van der Waals surface area contributed by atoms with Crippen LogP contribution < -0.4 is 18.9 Å². The van der Waals surface area contributed by atoms with Crippen LogP contribution in [0, 0.1) is 5.92 Å². The number of hydrogen-bond donors (Lipinski definition) is 0. The van der Waals surface area contributed by atoms with E-state index in [1.54, 1.807) is 28.4 Å². The molecule has 4 nitrogen and oxygen atoms in total. The lowest BCUT2D eigenvalue weighted by Crippen LogP contribution is -2.05. The third kappa shape index (κ3) is 9.95. The summed E-state index contributed by atoms with van der Waals surface area (Å²) in [6, 6.07) is 33.2. The number of ether oxygens (including phenoxy) is 4. The predicted octanol–water partition coefficient (Wildman–Crippen LogP) is 9.95. The van der Waals surface area contributed by atoms with Crippen LogP contribution in [0.4, 0.5) is 0 Å². The Labute approximate surface area is 263 Å². The zero-order chi connectivity index (χ0) is 31.1. The van der Waals surface area contributed by atoms with Gasteiger partial charge in [-0.3, -0.25) is 0 Å². The molecule has 0 aliphatic heterocycles. The fraction of sp³-hybridized carbons (Fsp3) is 0.250. The van der Waals surface area contributed by atoms with Gasteiger partial charge in [-0.05, 0) is 102 Å². The molecule has 1 unspecified atom stereocenters. The molecule has 0 fully saturated rings. The Kier molecular flexibility index (Phi) is 12.3. The summed E-state index contributed by atoms with van der Waals surface area (Å²) in [5.41, 5.74) is 7.58. The van der Waals surface area contributed by atoms with Gasteiger partial charge in [-0.1, -0.05) is 90.9 Å². The highest BCUT2D eigenvalue weighted by molar-refractivity contribution is 5.59. The van der Waals surface area contributed by atoms with E-state index in [4.69, 9.17) is 18.9 Å². The average Bonchev–Trinajstić information content (AvgIpc) is 3.07. The molecule has 0 aliphatic carbocycles. The van der Waals surface area contributed by atoms with Crippen LogP contribution in [0.5, 0.6) is 23.0 Å². The largest absolute Gasteiger partial charge is 0.497 e. The Morgan fingerprint density at radius 1 is 0.568 bits per heavy atom. The molecule has 1 atom stereocenters. The lowest BCUT2D eigenvalue weighted by Gasteiger charge is -2.19. The second-order valence-corrected chi connectivity index (χ2v) is 10.9. The van der Waals surface area contributed by atoms with Gasteiger partial charge in [0.1, 0.15) is 23.0 Å². The van der Waals surface area contributed by atoms with E-state index in [9.17, 15) is 0 Å². The minimum absolute atomic E-state index is 0.333. The lowest BCUT2D eigenvalue weighted by atomic mass is 9.86. The molecule has 4 aromatic rings. The molecule has 0 heterocycles. The van der Waals surface area contributed by atoms with Crippen LogP contribution in [0.3, 0.4) is 0 Å². The number of allylic oxidation sites excluding steroid dienone is 3. The minimum Gasteiger partial charge on any atom is -0.497 e. The van der Waals surface area contributed by atoms with Crippen molar-refractivity contribution in [3.05, 3.63) is 137 Å². The summed E-state index contributed by atoms with van der Waals surface area (Å²) in [5.74, 6) is 3.80. The van der Waals surface area contributed by atoms with Crippen molar-refractivity contribution in [1.29, 1.82) is 0 Å². The molecule has 0 saturated carbocycles. The molecule has 4 rings (SSSR count). The van der Waals surface area contributed by atoms with Gasteiger partial charge in [-0.25, -0.2) is 0 Å². The zero-order valence-corrected chi connectivity index (χ0v) is 26.6. The molecule has 228 valence electrons. The van der Waals surface area contributed by atoms with Crippen molar-refractivity contribution in [3.63, 3.8) is 0 Å². The normalized spacial score (nSPS) is 12.7. The summed E-state index contributed by atoms with van der Waals surface area (Å²) in [6.07, 6.45) is 12.9. The molecule has 0 radical (unpaired) electrons. The average molecular weight is 589 g/mol. The minimum atomic E-state index is 0.333. The van der Waals surface area contributed by atoms with Crippen LogP contribution in [0.2, 0.25) is 0 Å². The van der Waals surface area contributed by atoms with Gasteiger partial charge in [0.15, 0.2) is 0 Å². The summed E-state index contributed by atoms with van der Waals surface area (Å²) in [5, 5.41) is 0. The number of hydrogen-bond acceptors (Lipinski definition) is 4. The van der Waals surface area contributed by atoms with Crippen LogP contribution in [-0.2, 0) is 6.42 Å². The molecule has 0 bridgehead atoms. The van der Waals surface area contributed by atoms with Crippen molar-refractivity contribution in [2.24, 2.45) is 5.92 Å². The highest BCUT2D eigenvalue weighted by Gasteiger charge is 2.13. The Morgan fingerprint density at radius 2 is 1.00 bits per heavy atom. The maximum absolute atomic E-state index is 5.40. The van der Waals surface area contributed by atoms with Gasteiger partial charge < -0.3 is 18.9 Å². The first kappa shape index (κ1) is 32.2. The molecule has 0 saturated heterocycles. The standard InChI is InChI=1S/C40H44O4/c1-30(26-32-12-20-38(42-3)21-13-32)36(28-34-16-24-40(44-5)25-17-34)29-35(27-33-14-22-39(43-4)23-15-33)9-7-6-8-31-10-18-37(41-2)19-11-31/h6,8,10-25,27-28,30H,7,9,26,29H2,1-5H3/b8-6+,35-27+,36-28-. The molecule has 0 aliphatic rings. The molecule has 0 spiro atoms. The van der Waals surface area contributed by atoms with Gasteiger partial charge in [0.25, 0.3) is 0 Å². The summed E-state index contributed by atoms with van der Waals surface area (Å²) in [4.78, 5) is 0. The van der Waals surface area contributed by atoms with Crippen molar-refractivity contribution in [2.45, 2.75) is 32.6 Å². The number of benzene rings is 4. The molecular weight excluding hydrogens is 544 g/mol. The fourth-order valence-electron chi connectivity index (χ4n) is 5.14. The van der Waals surface area contributed by atoms with Gasteiger partial charge in [-0.2, -0.15) is 0 Å². The fourth-order valence-corrected chi connectivity index (χ4v) is 5.14. The van der Waals surface area contributed by atoms with Crippen LogP contribution >= 0.6 is 0 Å². The smallest absolute Gasteiger partial charge is 0.118 e. The predicted molar refractivity (Wildman–Crippen MR) is 184 cm³/mol. The van der Waals surface area contributed by atoms with Crippen molar-refractivity contribution >= 4 is 18.2 Å². The molecule has 4 aromatic carbocycles. The second-order valence-electron chi connectivity index (χ2n) is 10.9. The Balaban J connectivity index is 1.61. The van der Waals surface area contributed by atoms with Crippen molar-refractivity contribution in [3.8, 4) is 23.0 Å². The summed E-state index contributed by atoms with van der Waals surface area (Å²) >= 11 is 0. The lowest BCUT2D eigenvalue weighted by molar-refractivity contribution is 0.414. The second kappa shape index (κ2) is 16.8. The Hall–Kier alpha value is -4.70. The Morgan fingerprint density at radius 3 is 1.48 bits per heavy atom. The van der Waals surface area contributed by atoms with Gasteiger partial charge in [0.05, 0.1) is 28.4 Å². The summed E-state index contributed by atoms with van der Waals surface area (Å²) < 4.78 is 21.5. The van der Waals surface area contributed by atoms with E-state index in [1.165, 1.54) is 33.4 Å².